The molecule has 1 aliphatic carbocycles. The number of hydrogen-bond donors (Lipinski definition) is 0. The fraction of sp³-hybridized carbons (Fsp3) is 0.136. The van der Waals surface area contributed by atoms with E-state index >= 15 is 0 Å². The van der Waals surface area contributed by atoms with Gasteiger partial charge in [-0.3, -0.25) is 14.5 Å². The van der Waals surface area contributed by atoms with Gasteiger partial charge in [-0.1, -0.05) is 30.3 Å². The molecule has 0 radical (unpaired) electrons. The first-order valence-corrected chi connectivity index (χ1v) is 9.68. The molecule has 3 aromatic rings. The molecule has 2 aromatic carbocycles. The van der Waals surface area contributed by atoms with Crippen LogP contribution in [0, 0.1) is 0 Å². The predicted octanol–water partition coefficient (Wildman–Crippen LogP) is 4.66. The summed E-state index contributed by atoms with van der Waals surface area (Å²) >= 11 is 1.36. The Labute approximate surface area is 166 Å². The van der Waals surface area contributed by atoms with Crippen LogP contribution in [0.15, 0.2) is 59.5 Å². The van der Waals surface area contributed by atoms with Crippen molar-refractivity contribution in [3.05, 3.63) is 76.3 Å². The zero-order valence-electron chi connectivity index (χ0n) is 15.5. The van der Waals surface area contributed by atoms with Gasteiger partial charge in [0.05, 0.1) is 18.5 Å². The van der Waals surface area contributed by atoms with Gasteiger partial charge in [-0.15, -0.1) is 11.3 Å². The highest BCUT2D eigenvalue weighted by Crippen LogP contribution is 2.33. The Balaban J connectivity index is 1.65. The van der Waals surface area contributed by atoms with Crippen molar-refractivity contribution in [2.75, 3.05) is 12.0 Å². The van der Waals surface area contributed by atoms with Crippen molar-refractivity contribution in [1.82, 2.24) is 4.98 Å². The maximum absolute atomic E-state index is 12.6. The fourth-order valence-electron chi connectivity index (χ4n) is 3.27. The van der Waals surface area contributed by atoms with Crippen LogP contribution in [0.25, 0.3) is 6.08 Å². The van der Waals surface area contributed by atoms with Crippen molar-refractivity contribution in [2.45, 2.75) is 13.3 Å². The monoisotopic (exact) mass is 390 g/mol. The summed E-state index contributed by atoms with van der Waals surface area (Å²) < 4.78 is 5.26. The molecule has 0 saturated heterocycles. The second-order valence-electron chi connectivity index (χ2n) is 6.44. The standard InChI is InChI=1S/C22H18N2O3S/c1-14(25)24(18-7-5-8-19(12-18)27-2)22-23-17(13-28-22)11-16-10-15-6-3-4-9-20(15)21(16)26/h3-9,11-13H,10H2,1-2H3/b16-11-. The first kappa shape index (κ1) is 18.1. The number of ketones is 1. The number of benzene rings is 2. The number of amides is 1. The normalized spacial score (nSPS) is 14.2. The maximum atomic E-state index is 12.6. The molecule has 1 heterocycles. The molecule has 6 heteroatoms. The van der Waals surface area contributed by atoms with Crippen molar-refractivity contribution in [1.29, 1.82) is 0 Å². The molecule has 0 aliphatic heterocycles. The van der Waals surface area contributed by atoms with Gasteiger partial charge in [0.1, 0.15) is 5.75 Å². The van der Waals surface area contributed by atoms with Gasteiger partial charge in [-0.2, -0.15) is 0 Å². The van der Waals surface area contributed by atoms with E-state index in [9.17, 15) is 9.59 Å². The van der Waals surface area contributed by atoms with Gasteiger partial charge in [0.15, 0.2) is 10.9 Å². The molecule has 28 heavy (non-hydrogen) atoms. The summed E-state index contributed by atoms with van der Waals surface area (Å²) in [7, 11) is 1.58. The molecule has 0 fully saturated rings. The highest BCUT2D eigenvalue weighted by Gasteiger charge is 2.25. The molecule has 1 aromatic heterocycles. The summed E-state index contributed by atoms with van der Waals surface area (Å²) in [6.45, 7) is 1.50. The SMILES string of the molecule is COc1cccc(N(C(C)=O)c2nc(/C=C3/Cc4ccccc4C3=O)cs2)c1. The lowest BCUT2D eigenvalue weighted by atomic mass is 10.1. The summed E-state index contributed by atoms with van der Waals surface area (Å²) in [5.41, 5.74) is 3.87. The van der Waals surface area contributed by atoms with Gasteiger partial charge in [-0.25, -0.2) is 4.98 Å². The van der Waals surface area contributed by atoms with E-state index in [1.807, 2.05) is 53.9 Å². The number of aromatic nitrogens is 1. The molecular weight excluding hydrogens is 372 g/mol. The first-order valence-electron chi connectivity index (χ1n) is 8.80. The largest absolute Gasteiger partial charge is 0.497 e. The van der Waals surface area contributed by atoms with E-state index in [0.29, 0.717) is 34.3 Å². The van der Waals surface area contributed by atoms with E-state index in [2.05, 4.69) is 4.98 Å². The second kappa shape index (κ2) is 7.40. The number of fused-ring (bicyclic) bond motifs is 1. The molecule has 0 N–H and O–H groups in total. The minimum Gasteiger partial charge on any atom is -0.497 e. The average molecular weight is 390 g/mol. The zero-order valence-corrected chi connectivity index (χ0v) is 16.3. The number of Topliss-reactive ketones (excluding diaryl/α,β-unsaturated/α-hetero) is 1. The van der Waals surface area contributed by atoms with Gasteiger partial charge in [0, 0.05) is 35.9 Å². The van der Waals surface area contributed by atoms with Crippen LogP contribution >= 0.6 is 11.3 Å². The molecule has 0 bridgehead atoms. The third-order valence-electron chi connectivity index (χ3n) is 4.58. The molecule has 5 nitrogen and oxygen atoms in total. The molecule has 1 aliphatic rings. The average Bonchev–Trinajstić information content (AvgIpc) is 3.27. The molecule has 0 atom stereocenters. The summed E-state index contributed by atoms with van der Waals surface area (Å²) in [5.74, 6) is 0.560. The number of rotatable bonds is 4. The van der Waals surface area contributed by atoms with Gasteiger partial charge >= 0.3 is 0 Å². The number of nitrogens with zero attached hydrogens (tertiary/aromatic N) is 2. The predicted molar refractivity (Wildman–Crippen MR) is 110 cm³/mol. The lowest BCUT2D eigenvalue weighted by molar-refractivity contribution is -0.115. The number of carbonyl (C=O) groups is 2. The van der Waals surface area contributed by atoms with Crippen LogP contribution in [0.3, 0.4) is 0 Å². The third-order valence-corrected chi connectivity index (χ3v) is 5.43. The summed E-state index contributed by atoms with van der Waals surface area (Å²) in [4.78, 5) is 31.0. The van der Waals surface area contributed by atoms with Crippen molar-refractivity contribution in [3.63, 3.8) is 0 Å². The molecule has 4 rings (SSSR count). The van der Waals surface area contributed by atoms with Gasteiger partial charge in [0.2, 0.25) is 5.91 Å². The van der Waals surface area contributed by atoms with Crippen LogP contribution in [0.4, 0.5) is 10.8 Å². The van der Waals surface area contributed by atoms with Crippen molar-refractivity contribution in [2.24, 2.45) is 0 Å². The zero-order chi connectivity index (χ0) is 19.7. The maximum Gasteiger partial charge on any atom is 0.230 e. The van der Waals surface area contributed by atoms with E-state index < -0.39 is 0 Å². The minimum absolute atomic E-state index is 0.0429. The van der Waals surface area contributed by atoms with Crippen LogP contribution in [0.5, 0.6) is 5.75 Å². The quantitative estimate of drug-likeness (QED) is 0.608. The molecular formula is C22H18N2O3S. The number of methoxy groups -OCH3 is 1. The van der Waals surface area contributed by atoms with E-state index in [1.165, 1.54) is 18.3 Å². The van der Waals surface area contributed by atoms with Crippen molar-refractivity contribution in [3.8, 4) is 5.75 Å². The van der Waals surface area contributed by atoms with Crippen LogP contribution < -0.4 is 9.64 Å². The Morgan fingerprint density at radius 2 is 2.04 bits per heavy atom. The Morgan fingerprint density at radius 1 is 1.21 bits per heavy atom. The van der Waals surface area contributed by atoms with E-state index in [-0.39, 0.29) is 11.7 Å². The topological polar surface area (TPSA) is 59.5 Å². The summed E-state index contributed by atoms with van der Waals surface area (Å²) in [6.07, 6.45) is 2.42. The summed E-state index contributed by atoms with van der Waals surface area (Å²) in [5, 5.41) is 2.41. The van der Waals surface area contributed by atoms with Crippen LogP contribution in [-0.2, 0) is 11.2 Å². The number of anilines is 2. The van der Waals surface area contributed by atoms with Gasteiger partial charge in [0.25, 0.3) is 0 Å². The van der Waals surface area contributed by atoms with Crippen LogP contribution in [0.2, 0.25) is 0 Å². The van der Waals surface area contributed by atoms with Gasteiger partial charge in [-0.05, 0) is 23.8 Å². The molecule has 1 amide bonds. The number of thiazole rings is 1. The lowest BCUT2D eigenvalue weighted by Gasteiger charge is -2.18. The Morgan fingerprint density at radius 3 is 2.79 bits per heavy atom. The van der Waals surface area contributed by atoms with E-state index in [4.69, 9.17) is 4.74 Å². The number of carbonyl (C=O) groups excluding carboxylic acids is 2. The lowest BCUT2D eigenvalue weighted by Crippen LogP contribution is -2.22. The first-order chi connectivity index (χ1) is 13.6. The van der Waals surface area contributed by atoms with E-state index in [1.54, 1.807) is 18.1 Å². The number of allylic oxidation sites excluding steroid dienone is 1. The minimum atomic E-state index is -0.147. The Bertz CT molecular complexity index is 1100. The third kappa shape index (κ3) is 3.34. The fourth-order valence-corrected chi connectivity index (χ4v) is 4.12. The molecule has 0 unspecified atom stereocenters. The molecule has 0 spiro atoms. The smallest absolute Gasteiger partial charge is 0.230 e. The number of hydrogen-bond acceptors (Lipinski definition) is 5. The molecule has 140 valence electrons. The highest BCUT2D eigenvalue weighted by atomic mass is 32.1. The van der Waals surface area contributed by atoms with Crippen LogP contribution in [0.1, 0.15) is 28.5 Å². The highest BCUT2D eigenvalue weighted by molar-refractivity contribution is 7.14. The van der Waals surface area contributed by atoms with Crippen LogP contribution in [-0.4, -0.2) is 23.8 Å². The van der Waals surface area contributed by atoms with Crippen molar-refractivity contribution < 1.29 is 14.3 Å². The van der Waals surface area contributed by atoms with Gasteiger partial charge < -0.3 is 4.74 Å². The number of ether oxygens (including phenoxy) is 1. The molecule has 0 saturated carbocycles. The Hall–Kier alpha value is -3.25. The summed E-state index contributed by atoms with van der Waals surface area (Å²) in [6, 6.07) is 14.9. The van der Waals surface area contributed by atoms with Crippen molar-refractivity contribution >= 4 is 39.9 Å². The van der Waals surface area contributed by atoms with E-state index in [0.717, 1.165) is 11.1 Å². The Kier molecular flexibility index (Phi) is 4.79. The second-order valence-corrected chi connectivity index (χ2v) is 7.28.